The highest BCUT2D eigenvalue weighted by Crippen LogP contribution is 2.62. The third kappa shape index (κ3) is 3.82. The second kappa shape index (κ2) is 8.01. The molecule has 1 amide bonds. The number of carboxylic acids is 1. The predicted molar refractivity (Wildman–Crippen MR) is 101 cm³/mol. The Balaban J connectivity index is 1.76. The first kappa shape index (κ1) is 20.5. The van der Waals surface area contributed by atoms with E-state index < -0.39 is 35.4 Å². The van der Waals surface area contributed by atoms with Crippen LogP contribution >= 0.6 is 23.2 Å². The van der Waals surface area contributed by atoms with Crippen LogP contribution in [0.1, 0.15) is 18.4 Å². The third-order valence-corrected chi connectivity index (χ3v) is 5.88. The van der Waals surface area contributed by atoms with Crippen LogP contribution in [0.3, 0.4) is 0 Å². The molecule has 2 aliphatic carbocycles. The number of alkyl carbamates (subject to hydrolysis) is 1. The Morgan fingerprint density at radius 2 is 2.07 bits per heavy atom. The van der Waals surface area contributed by atoms with Gasteiger partial charge in [-0.3, -0.25) is 4.79 Å². The molecule has 2 fully saturated rings. The molecule has 4 atom stereocenters. The van der Waals surface area contributed by atoms with Gasteiger partial charge in [-0.2, -0.15) is 0 Å². The van der Waals surface area contributed by atoms with E-state index in [4.69, 9.17) is 32.7 Å². The molecule has 7 nitrogen and oxygen atoms in total. The van der Waals surface area contributed by atoms with Gasteiger partial charge >= 0.3 is 18.0 Å². The molecule has 9 heteroatoms. The van der Waals surface area contributed by atoms with Gasteiger partial charge in [-0.05, 0) is 30.9 Å². The minimum absolute atomic E-state index is 0.0339. The zero-order valence-electron chi connectivity index (χ0n) is 14.8. The molecule has 0 spiro atoms. The summed E-state index contributed by atoms with van der Waals surface area (Å²) in [6.07, 6.45) is 1.35. The maximum atomic E-state index is 13.0. The molecular formula is C19H19Cl2NO6. The molecule has 0 saturated heterocycles. The highest BCUT2D eigenvalue weighted by molar-refractivity contribution is 6.35. The first-order chi connectivity index (χ1) is 13.3. The second-order valence-electron chi connectivity index (χ2n) is 6.89. The number of esters is 1. The fraction of sp³-hybridized carbons (Fsp3) is 0.421. The standard InChI is InChI=1S/C19H19Cl2NO6/c1-2-7-27-18(26)22-19(6-5-12-14(15(12)19)16(23)24)17(25)28-9-10-3-4-11(20)8-13(10)21/h2-4,8,12,14-15H,1,5-7,9H2,(H,22,26)(H,23,24)/t12-,14-,15-,19-/m0/s1. The summed E-state index contributed by atoms with van der Waals surface area (Å²) in [6, 6.07) is 4.77. The Bertz CT molecular complexity index is 829. The van der Waals surface area contributed by atoms with E-state index in [1.165, 1.54) is 12.1 Å². The lowest BCUT2D eigenvalue weighted by Gasteiger charge is -2.30. The lowest BCUT2D eigenvalue weighted by molar-refractivity contribution is -0.154. The summed E-state index contributed by atoms with van der Waals surface area (Å²) < 4.78 is 10.3. The van der Waals surface area contributed by atoms with Crippen molar-refractivity contribution in [1.29, 1.82) is 0 Å². The van der Waals surface area contributed by atoms with E-state index in [1.807, 2.05) is 0 Å². The number of nitrogens with one attached hydrogen (secondary N) is 1. The number of amides is 1. The van der Waals surface area contributed by atoms with Crippen molar-refractivity contribution in [1.82, 2.24) is 5.32 Å². The molecule has 0 aromatic heterocycles. The molecule has 0 bridgehead atoms. The van der Waals surface area contributed by atoms with Crippen LogP contribution in [0.2, 0.25) is 10.0 Å². The van der Waals surface area contributed by atoms with Crippen LogP contribution in [0.5, 0.6) is 0 Å². The summed E-state index contributed by atoms with van der Waals surface area (Å²) in [5.41, 5.74) is -0.894. The van der Waals surface area contributed by atoms with Gasteiger partial charge in [0.1, 0.15) is 18.8 Å². The lowest BCUT2D eigenvalue weighted by atomic mass is 9.90. The van der Waals surface area contributed by atoms with Gasteiger partial charge in [0.25, 0.3) is 0 Å². The highest BCUT2D eigenvalue weighted by Gasteiger charge is 2.72. The van der Waals surface area contributed by atoms with Crippen LogP contribution in [0, 0.1) is 17.8 Å². The second-order valence-corrected chi connectivity index (χ2v) is 7.73. The first-order valence-electron chi connectivity index (χ1n) is 8.70. The fourth-order valence-electron chi connectivity index (χ4n) is 4.00. The van der Waals surface area contributed by atoms with Crippen molar-refractivity contribution in [2.45, 2.75) is 25.0 Å². The Hall–Kier alpha value is -2.25. The smallest absolute Gasteiger partial charge is 0.408 e. The maximum absolute atomic E-state index is 13.0. The van der Waals surface area contributed by atoms with Crippen molar-refractivity contribution in [3.63, 3.8) is 0 Å². The molecule has 0 radical (unpaired) electrons. The van der Waals surface area contributed by atoms with Crippen LogP contribution in [-0.2, 0) is 25.7 Å². The maximum Gasteiger partial charge on any atom is 0.408 e. The summed E-state index contributed by atoms with van der Waals surface area (Å²) in [5, 5.41) is 12.7. The Morgan fingerprint density at radius 1 is 1.32 bits per heavy atom. The number of rotatable bonds is 7. The van der Waals surface area contributed by atoms with Gasteiger partial charge in [-0.1, -0.05) is 41.9 Å². The molecule has 2 aliphatic rings. The summed E-state index contributed by atoms with van der Waals surface area (Å²) in [4.78, 5) is 36.5. The van der Waals surface area contributed by atoms with Crippen molar-refractivity contribution in [3.8, 4) is 0 Å². The minimum Gasteiger partial charge on any atom is -0.481 e. The van der Waals surface area contributed by atoms with E-state index in [0.29, 0.717) is 22.0 Å². The predicted octanol–water partition coefficient (Wildman–Crippen LogP) is 3.43. The van der Waals surface area contributed by atoms with E-state index in [1.54, 1.807) is 12.1 Å². The molecule has 0 aliphatic heterocycles. The first-order valence-corrected chi connectivity index (χ1v) is 9.45. The van der Waals surface area contributed by atoms with Crippen molar-refractivity contribution in [3.05, 3.63) is 46.5 Å². The number of fused-ring (bicyclic) bond motifs is 1. The van der Waals surface area contributed by atoms with Crippen LogP contribution in [-0.4, -0.2) is 35.3 Å². The minimum atomic E-state index is -1.44. The molecule has 1 aromatic carbocycles. The summed E-state index contributed by atoms with van der Waals surface area (Å²) in [7, 11) is 0. The van der Waals surface area contributed by atoms with Crippen LogP contribution in [0.15, 0.2) is 30.9 Å². The summed E-state index contributed by atoms with van der Waals surface area (Å²) in [6.45, 7) is 3.29. The van der Waals surface area contributed by atoms with Gasteiger partial charge in [0.2, 0.25) is 0 Å². The number of hydrogen-bond donors (Lipinski definition) is 2. The number of carbonyl (C=O) groups is 3. The molecule has 28 heavy (non-hydrogen) atoms. The molecule has 0 unspecified atom stereocenters. The number of benzene rings is 1. The monoisotopic (exact) mass is 427 g/mol. The average molecular weight is 428 g/mol. The van der Waals surface area contributed by atoms with Gasteiger partial charge in [0.05, 0.1) is 5.92 Å². The van der Waals surface area contributed by atoms with Crippen molar-refractivity contribution in [2.75, 3.05) is 6.61 Å². The number of hydrogen-bond acceptors (Lipinski definition) is 5. The number of ether oxygens (including phenoxy) is 2. The largest absolute Gasteiger partial charge is 0.481 e. The molecule has 0 heterocycles. The molecule has 1 aromatic rings. The van der Waals surface area contributed by atoms with Crippen LogP contribution in [0.25, 0.3) is 0 Å². The van der Waals surface area contributed by atoms with E-state index in [0.717, 1.165) is 0 Å². The quantitative estimate of drug-likeness (QED) is 0.510. The Morgan fingerprint density at radius 3 is 2.68 bits per heavy atom. The number of carboxylic acid groups (broad SMARTS) is 1. The summed E-state index contributed by atoms with van der Waals surface area (Å²) in [5.74, 6) is -3.10. The van der Waals surface area contributed by atoms with Crippen LogP contribution < -0.4 is 5.32 Å². The summed E-state index contributed by atoms with van der Waals surface area (Å²) >= 11 is 12.0. The van der Waals surface area contributed by atoms with Gasteiger partial charge in [-0.25, -0.2) is 9.59 Å². The van der Waals surface area contributed by atoms with E-state index in [-0.39, 0.29) is 25.6 Å². The van der Waals surface area contributed by atoms with Gasteiger partial charge in [0.15, 0.2) is 0 Å². The van der Waals surface area contributed by atoms with Crippen LogP contribution in [0.4, 0.5) is 4.79 Å². The van der Waals surface area contributed by atoms with Gasteiger partial charge in [-0.15, -0.1) is 0 Å². The zero-order chi connectivity index (χ0) is 20.5. The molecule has 3 rings (SSSR count). The molecule has 2 saturated carbocycles. The number of aliphatic carboxylic acids is 1. The number of halogens is 2. The fourth-order valence-corrected chi connectivity index (χ4v) is 4.46. The average Bonchev–Trinajstić information content (AvgIpc) is 3.28. The zero-order valence-corrected chi connectivity index (χ0v) is 16.3. The van der Waals surface area contributed by atoms with Crippen molar-refractivity contribution in [2.24, 2.45) is 17.8 Å². The normalized spacial score (nSPS) is 27.4. The Kier molecular flexibility index (Phi) is 5.86. The van der Waals surface area contributed by atoms with Crippen molar-refractivity contribution >= 4 is 41.2 Å². The Labute approximate surface area is 171 Å². The molecule has 2 N–H and O–H groups in total. The van der Waals surface area contributed by atoms with Gasteiger partial charge < -0.3 is 19.9 Å². The molecular weight excluding hydrogens is 409 g/mol. The van der Waals surface area contributed by atoms with E-state index in [2.05, 4.69) is 11.9 Å². The van der Waals surface area contributed by atoms with E-state index in [9.17, 15) is 19.5 Å². The lowest BCUT2D eigenvalue weighted by Crippen LogP contribution is -2.56. The SMILES string of the molecule is C=CCOC(=O)N[C@@]1(C(=O)OCc2ccc(Cl)cc2Cl)CC[C@H]2[C@H](C(=O)O)[C@H]21. The van der Waals surface area contributed by atoms with Gasteiger partial charge in [0, 0.05) is 21.5 Å². The van der Waals surface area contributed by atoms with E-state index >= 15 is 0 Å². The van der Waals surface area contributed by atoms with Crippen molar-refractivity contribution < 1.29 is 29.0 Å². The highest BCUT2D eigenvalue weighted by atomic mass is 35.5. The third-order valence-electron chi connectivity index (χ3n) is 5.29. The molecule has 150 valence electrons. The topological polar surface area (TPSA) is 102 Å². The number of carbonyl (C=O) groups excluding carboxylic acids is 2.